The third kappa shape index (κ3) is 5.56. The Morgan fingerprint density at radius 1 is 0.750 bits per heavy atom. The highest BCUT2D eigenvalue weighted by Crippen LogP contribution is 2.31. The SMILES string of the molecule is FC(F)(F)c1ccc(Nc2nc(N3CCCCC3)nc(N3CCN(c4ncccc4Cl)CC3)n2)cc1. The summed E-state index contributed by atoms with van der Waals surface area (Å²) in [6, 6.07) is 8.47. The molecule has 36 heavy (non-hydrogen) atoms. The normalized spacial score (nSPS) is 16.8. The van der Waals surface area contributed by atoms with Gasteiger partial charge in [0, 0.05) is 51.2 Å². The fourth-order valence-electron chi connectivity index (χ4n) is 4.39. The molecule has 2 aliphatic heterocycles. The van der Waals surface area contributed by atoms with Crippen molar-refractivity contribution in [2.24, 2.45) is 0 Å². The van der Waals surface area contributed by atoms with E-state index in [1.165, 1.54) is 18.6 Å². The molecule has 190 valence electrons. The first kappa shape index (κ1) is 24.4. The molecule has 5 rings (SSSR count). The van der Waals surface area contributed by atoms with E-state index in [9.17, 15) is 13.2 Å². The molecule has 0 bridgehead atoms. The van der Waals surface area contributed by atoms with Gasteiger partial charge in [0.05, 0.1) is 10.6 Å². The Morgan fingerprint density at radius 3 is 1.97 bits per heavy atom. The molecular weight excluding hydrogens is 493 g/mol. The molecule has 0 atom stereocenters. The van der Waals surface area contributed by atoms with Gasteiger partial charge in [-0.2, -0.15) is 28.1 Å². The summed E-state index contributed by atoms with van der Waals surface area (Å²) >= 11 is 6.32. The Hall–Kier alpha value is -3.34. The molecule has 0 radical (unpaired) electrons. The maximum atomic E-state index is 12.9. The van der Waals surface area contributed by atoms with E-state index >= 15 is 0 Å². The number of piperazine rings is 1. The van der Waals surface area contributed by atoms with E-state index in [0.717, 1.165) is 43.9 Å². The van der Waals surface area contributed by atoms with E-state index < -0.39 is 11.7 Å². The summed E-state index contributed by atoms with van der Waals surface area (Å²) in [4.78, 5) is 24.7. The summed E-state index contributed by atoms with van der Waals surface area (Å²) in [6.07, 6.45) is 0.632. The number of piperidine rings is 1. The zero-order valence-corrected chi connectivity index (χ0v) is 20.3. The molecule has 2 fully saturated rings. The second-order valence-corrected chi connectivity index (χ2v) is 9.20. The molecule has 0 saturated carbocycles. The molecule has 2 aliphatic rings. The number of aromatic nitrogens is 4. The number of pyridine rings is 1. The molecule has 0 unspecified atom stereocenters. The Labute approximate surface area is 212 Å². The van der Waals surface area contributed by atoms with Gasteiger partial charge < -0.3 is 20.0 Å². The second kappa shape index (κ2) is 10.3. The maximum Gasteiger partial charge on any atom is 0.416 e. The van der Waals surface area contributed by atoms with E-state index in [4.69, 9.17) is 16.6 Å². The fraction of sp³-hybridized carbons (Fsp3) is 0.417. The van der Waals surface area contributed by atoms with Crippen molar-refractivity contribution in [3.8, 4) is 0 Å². The number of rotatable bonds is 5. The highest BCUT2D eigenvalue weighted by atomic mass is 35.5. The first-order valence-corrected chi connectivity index (χ1v) is 12.3. The zero-order chi connectivity index (χ0) is 25.1. The molecule has 12 heteroatoms. The van der Waals surface area contributed by atoms with Crippen molar-refractivity contribution in [2.45, 2.75) is 25.4 Å². The lowest BCUT2D eigenvalue weighted by Crippen LogP contribution is -2.47. The number of hydrogen-bond acceptors (Lipinski definition) is 8. The zero-order valence-electron chi connectivity index (χ0n) is 19.5. The topological polar surface area (TPSA) is 73.3 Å². The lowest BCUT2D eigenvalue weighted by Gasteiger charge is -2.36. The van der Waals surface area contributed by atoms with Gasteiger partial charge in [0.1, 0.15) is 5.82 Å². The predicted molar refractivity (Wildman–Crippen MR) is 134 cm³/mol. The average Bonchev–Trinajstić information content (AvgIpc) is 2.89. The number of nitrogens with zero attached hydrogens (tertiary/aromatic N) is 7. The number of benzene rings is 1. The molecular formula is C24H26ClF3N8. The maximum absolute atomic E-state index is 12.9. The van der Waals surface area contributed by atoms with Crippen LogP contribution in [-0.2, 0) is 6.18 Å². The van der Waals surface area contributed by atoms with Gasteiger partial charge in [0.2, 0.25) is 17.8 Å². The van der Waals surface area contributed by atoms with E-state index in [2.05, 4.69) is 35.0 Å². The third-order valence-electron chi connectivity index (χ3n) is 6.32. The highest BCUT2D eigenvalue weighted by molar-refractivity contribution is 6.32. The van der Waals surface area contributed by atoms with E-state index in [1.54, 1.807) is 12.3 Å². The number of nitrogens with one attached hydrogen (secondary N) is 1. The van der Waals surface area contributed by atoms with Crippen LogP contribution in [0, 0.1) is 0 Å². The van der Waals surface area contributed by atoms with Gasteiger partial charge in [0.25, 0.3) is 0 Å². The van der Waals surface area contributed by atoms with Crippen LogP contribution in [0.25, 0.3) is 0 Å². The third-order valence-corrected chi connectivity index (χ3v) is 6.62. The van der Waals surface area contributed by atoms with E-state index in [-0.39, 0.29) is 0 Å². The lowest BCUT2D eigenvalue weighted by atomic mass is 10.1. The summed E-state index contributed by atoms with van der Waals surface area (Å²) in [5, 5.41) is 3.68. The summed E-state index contributed by atoms with van der Waals surface area (Å²) in [6.45, 7) is 4.43. The molecule has 1 aromatic carbocycles. The molecule has 0 aliphatic carbocycles. The van der Waals surface area contributed by atoms with Crippen LogP contribution in [0.2, 0.25) is 5.02 Å². The summed E-state index contributed by atoms with van der Waals surface area (Å²) < 4.78 is 38.8. The summed E-state index contributed by atoms with van der Waals surface area (Å²) in [5.74, 6) is 2.17. The number of anilines is 5. The Balaban J connectivity index is 1.37. The molecule has 2 aromatic heterocycles. The van der Waals surface area contributed by atoms with Crippen molar-refractivity contribution < 1.29 is 13.2 Å². The van der Waals surface area contributed by atoms with Crippen molar-refractivity contribution >= 4 is 41.0 Å². The van der Waals surface area contributed by atoms with Gasteiger partial charge in [-0.25, -0.2) is 4.98 Å². The van der Waals surface area contributed by atoms with Crippen molar-refractivity contribution in [3.63, 3.8) is 0 Å². The van der Waals surface area contributed by atoms with Crippen molar-refractivity contribution in [1.82, 2.24) is 19.9 Å². The van der Waals surface area contributed by atoms with Crippen molar-refractivity contribution in [2.75, 3.05) is 59.3 Å². The molecule has 2 saturated heterocycles. The fourth-order valence-corrected chi connectivity index (χ4v) is 4.63. The minimum atomic E-state index is -4.39. The largest absolute Gasteiger partial charge is 0.416 e. The molecule has 0 spiro atoms. The Kier molecular flexibility index (Phi) is 6.99. The van der Waals surface area contributed by atoms with Crippen molar-refractivity contribution in [1.29, 1.82) is 0 Å². The van der Waals surface area contributed by atoms with Crippen LogP contribution in [0.15, 0.2) is 42.6 Å². The van der Waals surface area contributed by atoms with Gasteiger partial charge in [-0.05, 0) is 55.7 Å². The van der Waals surface area contributed by atoms with Gasteiger partial charge in [0.15, 0.2) is 0 Å². The van der Waals surface area contributed by atoms with Crippen LogP contribution >= 0.6 is 11.6 Å². The molecule has 1 N–H and O–H groups in total. The van der Waals surface area contributed by atoms with Gasteiger partial charge in [-0.15, -0.1) is 0 Å². The second-order valence-electron chi connectivity index (χ2n) is 8.79. The lowest BCUT2D eigenvalue weighted by molar-refractivity contribution is -0.137. The minimum Gasteiger partial charge on any atom is -0.352 e. The molecule has 0 amide bonds. The monoisotopic (exact) mass is 518 g/mol. The standard InChI is InChI=1S/C24H26ClF3N8/c25-19-5-4-10-29-20(19)34-13-15-36(16-14-34)23-32-21(31-22(33-23)35-11-2-1-3-12-35)30-18-8-6-17(7-9-18)24(26,27)28/h4-10H,1-3,11-16H2,(H,30,31,32,33). The van der Waals surface area contributed by atoms with Crippen LogP contribution in [0.4, 0.5) is 42.5 Å². The van der Waals surface area contributed by atoms with Crippen molar-refractivity contribution in [3.05, 3.63) is 53.2 Å². The van der Waals surface area contributed by atoms with E-state index in [1.807, 2.05) is 6.07 Å². The van der Waals surface area contributed by atoms with Gasteiger partial charge in [-0.3, -0.25) is 0 Å². The summed E-state index contributed by atoms with van der Waals surface area (Å²) in [5.41, 5.74) is -0.233. The molecule has 3 aromatic rings. The van der Waals surface area contributed by atoms with Crippen LogP contribution in [0.3, 0.4) is 0 Å². The smallest absolute Gasteiger partial charge is 0.352 e. The number of hydrogen-bond donors (Lipinski definition) is 1. The van der Waals surface area contributed by atoms with Crippen LogP contribution in [-0.4, -0.2) is 59.2 Å². The highest BCUT2D eigenvalue weighted by Gasteiger charge is 2.30. The number of halogens is 4. The molecule has 8 nitrogen and oxygen atoms in total. The first-order valence-electron chi connectivity index (χ1n) is 11.9. The van der Waals surface area contributed by atoms with Crippen LogP contribution in [0.5, 0.6) is 0 Å². The Bertz CT molecular complexity index is 1180. The quantitative estimate of drug-likeness (QED) is 0.506. The Morgan fingerprint density at radius 2 is 1.36 bits per heavy atom. The summed E-state index contributed by atoms with van der Waals surface area (Å²) in [7, 11) is 0. The first-order chi connectivity index (χ1) is 17.4. The minimum absolute atomic E-state index is 0.301. The molecule has 4 heterocycles. The van der Waals surface area contributed by atoms with Gasteiger partial charge in [-0.1, -0.05) is 11.6 Å². The van der Waals surface area contributed by atoms with Crippen LogP contribution < -0.4 is 20.0 Å². The number of alkyl halides is 3. The predicted octanol–water partition coefficient (Wildman–Crippen LogP) is 5.00. The van der Waals surface area contributed by atoms with Gasteiger partial charge >= 0.3 is 6.18 Å². The average molecular weight is 519 g/mol. The van der Waals surface area contributed by atoms with Crippen LogP contribution in [0.1, 0.15) is 24.8 Å². The van der Waals surface area contributed by atoms with E-state index in [0.29, 0.717) is 54.7 Å².